The standard InChI is InChI=1S/C14H4F4/c15-7-1-3-9-10-4-2-8(16)6-12(10)14(18)13(17)11(9)5-7/h1,3-4,6H. The Labute approximate surface area is 99.5 Å². The van der Waals surface area contributed by atoms with E-state index in [0.717, 1.165) is 12.1 Å². The van der Waals surface area contributed by atoms with E-state index >= 15 is 0 Å². The van der Waals surface area contributed by atoms with Gasteiger partial charge >= 0.3 is 0 Å². The Hall–Kier alpha value is -2.10. The van der Waals surface area contributed by atoms with Crippen LogP contribution < -0.4 is 0 Å². The smallest absolute Gasteiger partial charge is 0.168 e. The minimum Gasteiger partial charge on any atom is -0.206 e. The Morgan fingerprint density at radius 3 is 2.33 bits per heavy atom. The molecule has 0 aromatic heterocycles. The van der Waals surface area contributed by atoms with Crippen LogP contribution in [0.15, 0.2) is 24.3 Å². The zero-order chi connectivity index (χ0) is 12.9. The summed E-state index contributed by atoms with van der Waals surface area (Å²) in [6.45, 7) is 0. The third kappa shape index (κ3) is 1.45. The lowest BCUT2D eigenvalue weighted by molar-refractivity contribution is 0.523. The summed E-state index contributed by atoms with van der Waals surface area (Å²) in [5, 5.41) is 0.0411. The van der Waals surface area contributed by atoms with E-state index in [4.69, 9.17) is 0 Å². The van der Waals surface area contributed by atoms with Gasteiger partial charge in [0.15, 0.2) is 11.6 Å². The van der Waals surface area contributed by atoms with Gasteiger partial charge in [0.1, 0.15) is 11.6 Å². The third-order valence-corrected chi connectivity index (χ3v) is 2.76. The summed E-state index contributed by atoms with van der Waals surface area (Å²) >= 11 is 0. The van der Waals surface area contributed by atoms with Gasteiger partial charge in [-0.3, -0.25) is 0 Å². The van der Waals surface area contributed by atoms with Crippen molar-refractivity contribution in [2.45, 2.75) is 0 Å². The lowest BCUT2D eigenvalue weighted by atomic mass is 10.0. The molecule has 18 heavy (non-hydrogen) atoms. The quantitative estimate of drug-likeness (QED) is 0.414. The summed E-state index contributed by atoms with van der Waals surface area (Å²) in [7, 11) is 0. The summed E-state index contributed by atoms with van der Waals surface area (Å²) < 4.78 is 53.5. The first-order valence-corrected chi connectivity index (χ1v) is 5.07. The van der Waals surface area contributed by atoms with Crippen molar-refractivity contribution in [2.24, 2.45) is 0 Å². The molecule has 0 saturated heterocycles. The number of fused-ring (bicyclic) bond motifs is 3. The van der Waals surface area contributed by atoms with Crippen molar-refractivity contribution in [2.75, 3.05) is 0 Å². The van der Waals surface area contributed by atoms with Crippen molar-refractivity contribution >= 4 is 21.5 Å². The molecule has 4 heteroatoms. The van der Waals surface area contributed by atoms with Crippen LogP contribution >= 0.6 is 0 Å². The summed E-state index contributed by atoms with van der Waals surface area (Å²) in [6.07, 6.45) is 0. The van der Waals surface area contributed by atoms with E-state index in [-0.39, 0.29) is 21.5 Å². The van der Waals surface area contributed by atoms with E-state index in [1.54, 1.807) is 0 Å². The second-order valence-electron chi connectivity index (χ2n) is 3.83. The van der Waals surface area contributed by atoms with Crippen LogP contribution in [0, 0.1) is 35.4 Å². The third-order valence-electron chi connectivity index (χ3n) is 2.76. The van der Waals surface area contributed by atoms with Crippen LogP contribution in [-0.4, -0.2) is 0 Å². The van der Waals surface area contributed by atoms with Crippen molar-refractivity contribution in [1.82, 2.24) is 0 Å². The zero-order valence-corrected chi connectivity index (χ0v) is 8.82. The highest BCUT2D eigenvalue weighted by Gasteiger charge is 2.15. The molecule has 0 bridgehead atoms. The van der Waals surface area contributed by atoms with E-state index < -0.39 is 23.3 Å². The maximum atomic E-state index is 13.7. The molecule has 0 aliphatic rings. The lowest BCUT2D eigenvalue weighted by Gasteiger charge is -2.07. The number of rotatable bonds is 0. The molecule has 0 heterocycles. The van der Waals surface area contributed by atoms with E-state index in [9.17, 15) is 17.6 Å². The Bertz CT molecular complexity index is 711. The Kier molecular flexibility index (Phi) is 2.26. The molecule has 0 nitrogen and oxygen atoms in total. The first kappa shape index (κ1) is 11.0. The lowest BCUT2D eigenvalue weighted by Crippen LogP contribution is -1.92. The van der Waals surface area contributed by atoms with Crippen LogP contribution in [0.3, 0.4) is 0 Å². The van der Waals surface area contributed by atoms with Gasteiger partial charge in [0.05, 0.1) is 0 Å². The SMILES string of the molecule is Fc1[c]c2c(F)c(F)c3cc(F)[c]cc3c2cc1. The molecule has 3 aromatic rings. The Morgan fingerprint density at radius 2 is 1.56 bits per heavy atom. The number of halogens is 4. The van der Waals surface area contributed by atoms with Crippen molar-refractivity contribution in [3.05, 3.63) is 59.7 Å². The highest BCUT2D eigenvalue weighted by molar-refractivity contribution is 6.07. The molecular formula is C14H4F4. The van der Waals surface area contributed by atoms with Crippen molar-refractivity contribution in [3.8, 4) is 0 Å². The van der Waals surface area contributed by atoms with Gasteiger partial charge in [0.25, 0.3) is 0 Å². The highest BCUT2D eigenvalue weighted by Crippen LogP contribution is 2.31. The molecule has 0 N–H and O–H groups in total. The maximum absolute atomic E-state index is 13.7. The summed E-state index contributed by atoms with van der Waals surface area (Å²) in [6, 6.07) is 8.84. The molecule has 0 aliphatic heterocycles. The van der Waals surface area contributed by atoms with Gasteiger partial charge in [-0.2, -0.15) is 0 Å². The summed E-state index contributed by atoms with van der Waals surface area (Å²) in [4.78, 5) is 0. The Balaban J connectivity index is 2.62. The molecule has 0 spiro atoms. The molecule has 0 fully saturated rings. The van der Waals surface area contributed by atoms with Gasteiger partial charge in [-0.1, -0.05) is 6.07 Å². The maximum Gasteiger partial charge on any atom is 0.168 e. The molecule has 3 rings (SSSR count). The van der Waals surface area contributed by atoms with E-state index in [2.05, 4.69) is 12.1 Å². The minimum atomic E-state index is -1.23. The average molecular weight is 248 g/mol. The molecule has 3 aromatic carbocycles. The van der Waals surface area contributed by atoms with E-state index in [1.165, 1.54) is 12.1 Å². The molecule has 0 atom stereocenters. The molecule has 2 radical (unpaired) electrons. The van der Waals surface area contributed by atoms with Crippen LogP contribution in [0.1, 0.15) is 0 Å². The normalized spacial score (nSPS) is 11.3. The predicted octanol–water partition coefficient (Wildman–Crippen LogP) is 4.15. The van der Waals surface area contributed by atoms with Gasteiger partial charge in [0, 0.05) is 22.9 Å². The topological polar surface area (TPSA) is 0 Å². The predicted molar refractivity (Wildman–Crippen MR) is 59.0 cm³/mol. The largest absolute Gasteiger partial charge is 0.206 e. The van der Waals surface area contributed by atoms with E-state index in [1.807, 2.05) is 0 Å². The zero-order valence-electron chi connectivity index (χ0n) is 8.82. The van der Waals surface area contributed by atoms with Crippen molar-refractivity contribution in [3.63, 3.8) is 0 Å². The van der Waals surface area contributed by atoms with Crippen LogP contribution in [0.5, 0.6) is 0 Å². The van der Waals surface area contributed by atoms with Crippen LogP contribution in [0.25, 0.3) is 21.5 Å². The van der Waals surface area contributed by atoms with Crippen molar-refractivity contribution < 1.29 is 17.6 Å². The van der Waals surface area contributed by atoms with Crippen LogP contribution in [-0.2, 0) is 0 Å². The second-order valence-corrected chi connectivity index (χ2v) is 3.83. The monoisotopic (exact) mass is 248 g/mol. The second kappa shape index (κ2) is 3.70. The average Bonchev–Trinajstić information content (AvgIpc) is 2.36. The number of benzene rings is 3. The first-order chi connectivity index (χ1) is 8.58. The van der Waals surface area contributed by atoms with Crippen molar-refractivity contribution in [1.29, 1.82) is 0 Å². The van der Waals surface area contributed by atoms with Gasteiger partial charge < -0.3 is 0 Å². The molecule has 88 valence electrons. The molecule has 0 saturated carbocycles. The fourth-order valence-electron chi connectivity index (χ4n) is 1.96. The fraction of sp³-hybridized carbons (Fsp3) is 0. The minimum absolute atomic E-state index is 0.198. The fourth-order valence-corrected chi connectivity index (χ4v) is 1.96. The highest BCUT2D eigenvalue weighted by atomic mass is 19.2. The van der Waals surface area contributed by atoms with Crippen LogP contribution in [0.2, 0.25) is 0 Å². The summed E-state index contributed by atoms with van der Waals surface area (Å²) in [5.41, 5.74) is 0. The van der Waals surface area contributed by atoms with Gasteiger partial charge in [-0.25, -0.2) is 17.6 Å². The Morgan fingerprint density at radius 1 is 0.778 bits per heavy atom. The number of hydrogen-bond donors (Lipinski definition) is 0. The van der Waals surface area contributed by atoms with Gasteiger partial charge in [0.2, 0.25) is 0 Å². The molecule has 0 unspecified atom stereocenters. The molecular weight excluding hydrogens is 244 g/mol. The van der Waals surface area contributed by atoms with Crippen LogP contribution in [0.4, 0.5) is 17.6 Å². The first-order valence-electron chi connectivity index (χ1n) is 5.07. The van der Waals surface area contributed by atoms with E-state index in [0.29, 0.717) is 0 Å². The van der Waals surface area contributed by atoms with Gasteiger partial charge in [-0.05, 0) is 29.0 Å². The summed E-state index contributed by atoms with van der Waals surface area (Å²) in [5.74, 6) is -4.02. The number of hydrogen-bond acceptors (Lipinski definition) is 0. The molecule has 0 aliphatic carbocycles. The van der Waals surface area contributed by atoms with Gasteiger partial charge in [-0.15, -0.1) is 0 Å². The molecule has 0 amide bonds.